The highest BCUT2D eigenvalue weighted by Crippen LogP contribution is 2.28. The van der Waals surface area contributed by atoms with Gasteiger partial charge in [-0.15, -0.1) is 0 Å². The molecule has 2 aliphatic rings. The van der Waals surface area contributed by atoms with Gasteiger partial charge >= 0.3 is 0 Å². The molecule has 10 heteroatoms. The van der Waals surface area contributed by atoms with E-state index < -0.39 is 68.5 Å². The molecule has 2 fully saturated rings. The largest absolute Gasteiger partial charge is 0.394 e. The predicted molar refractivity (Wildman–Crippen MR) is 67.2 cm³/mol. The molecule has 10 nitrogen and oxygen atoms in total. The van der Waals surface area contributed by atoms with Gasteiger partial charge in [0.05, 0.1) is 25.4 Å². The van der Waals surface area contributed by atoms with Crippen molar-refractivity contribution < 1.29 is 50.0 Å². The molecule has 2 heterocycles. The van der Waals surface area contributed by atoms with Crippen molar-refractivity contribution in [1.82, 2.24) is 0 Å². The van der Waals surface area contributed by atoms with E-state index in [1.54, 1.807) is 0 Å². The average Bonchev–Trinajstić information content (AvgIpc) is 2.51. The Morgan fingerprint density at radius 2 is 1.55 bits per heavy atom. The van der Waals surface area contributed by atoms with E-state index in [2.05, 4.69) is 0 Å². The quantitative estimate of drug-likeness (QED) is 0.268. The SMILES string of the molecule is OCC1C[C@H](O)[C@H](O)C(OC2C(CO)OC(O)[C@@H](O)[C@H]2O)O1. The highest BCUT2D eigenvalue weighted by molar-refractivity contribution is 4.91. The summed E-state index contributed by atoms with van der Waals surface area (Å²) in [6, 6.07) is 0. The van der Waals surface area contributed by atoms with Gasteiger partial charge in [-0.25, -0.2) is 0 Å². The van der Waals surface area contributed by atoms with E-state index in [9.17, 15) is 30.6 Å². The summed E-state index contributed by atoms with van der Waals surface area (Å²) in [4.78, 5) is 0. The summed E-state index contributed by atoms with van der Waals surface area (Å²) in [5.41, 5.74) is 0. The van der Waals surface area contributed by atoms with Gasteiger partial charge in [0.1, 0.15) is 30.5 Å². The molecule has 9 atom stereocenters. The Hall–Kier alpha value is -0.400. The minimum atomic E-state index is -1.69. The number of aliphatic hydroxyl groups excluding tert-OH is 7. The Morgan fingerprint density at radius 1 is 0.864 bits per heavy atom. The van der Waals surface area contributed by atoms with Crippen molar-refractivity contribution in [2.75, 3.05) is 13.2 Å². The third-order valence-electron chi connectivity index (χ3n) is 3.84. The molecule has 2 saturated heterocycles. The van der Waals surface area contributed by atoms with E-state index in [1.165, 1.54) is 0 Å². The van der Waals surface area contributed by atoms with Crippen molar-refractivity contribution in [3.05, 3.63) is 0 Å². The lowest BCUT2D eigenvalue weighted by Gasteiger charge is -2.44. The van der Waals surface area contributed by atoms with Crippen LogP contribution in [0, 0.1) is 0 Å². The number of hydrogen-bond acceptors (Lipinski definition) is 10. The molecule has 0 aromatic heterocycles. The number of rotatable bonds is 4. The lowest BCUT2D eigenvalue weighted by Crippen LogP contribution is -2.62. The van der Waals surface area contributed by atoms with Crippen molar-refractivity contribution in [3.63, 3.8) is 0 Å². The van der Waals surface area contributed by atoms with Crippen molar-refractivity contribution in [3.8, 4) is 0 Å². The Morgan fingerprint density at radius 3 is 2.14 bits per heavy atom. The van der Waals surface area contributed by atoms with Gasteiger partial charge in [-0.3, -0.25) is 0 Å². The molecular weight excluding hydrogens is 304 g/mol. The van der Waals surface area contributed by atoms with Crippen LogP contribution in [-0.4, -0.2) is 104 Å². The van der Waals surface area contributed by atoms with Gasteiger partial charge in [-0.1, -0.05) is 0 Å². The molecule has 0 radical (unpaired) electrons. The van der Waals surface area contributed by atoms with Gasteiger partial charge in [0, 0.05) is 6.42 Å². The molecule has 0 saturated carbocycles. The first-order valence-corrected chi connectivity index (χ1v) is 6.97. The number of hydrogen-bond donors (Lipinski definition) is 7. The first-order valence-electron chi connectivity index (χ1n) is 6.97. The van der Waals surface area contributed by atoms with E-state index in [0.29, 0.717) is 0 Å². The molecule has 130 valence electrons. The third-order valence-corrected chi connectivity index (χ3v) is 3.84. The summed E-state index contributed by atoms with van der Waals surface area (Å²) in [6.07, 6.45) is -12.3. The summed E-state index contributed by atoms with van der Waals surface area (Å²) < 4.78 is 15.5. The molecule has 2 aliphatic heterocycles. The van der Waals surface area contributed by atoms with Gasteiger partial charge < -0.3 is 50.0 Å². The summed E-state index contributed by atoms with van der Waals surface area (Å²) in [6.45, 7) is -1.03. The maximum Gasteiger partial charge on any atom is 0.186 e. The minimum absolute atomic E-state index is 0.00597. The molecule has 2 rings (SSSR count). The molecule has 0 spiro atoms. The maximum absolute atomic E-state index is 9.94. The summed E-state index contributed by atoms with van der Waals surface area (Å²) in [5.74, 6) is 0. The Kier molecular flexibility index (Phi) is 6.07. The van der Waals surface area contributed by atoms with Gasteiger partial charge in [-0.2, -0.15) is 0 Å². The molecule has 0 aliphatic carbocycles. The number of aliphatic hydroxyl groups is 7. The van der Waals surface area contributed by atoms with E-state index in [1.807, 2.05) is 0 Å². The molecule has 7 N–H and O–H groups in total. The van der Waals surface area contributed by atoms with Crippen LogP contribution in [0.4, 0.5) is 0 Å². The zero-order valence-electron chi connectivity index (χ0n) is 11.7. The Balaban J connectivity index is 2.08. The first-order chi connectivity index (χ1) is 10.4. The number of ether oxygens (including phenoxy) is 3. The topological polar surface area (TPSA) is 169 Å². The highest BCUT2D eigenvalue weighted by atomic mass is 16.7. The lowest BCUT2D eigenvalue weighted by atomic mass is 9.98. The van der Waals surface area contributed by atoms with E-state index >= 15 is 0 Å². The van der Waals surface area contributed by atoms with E-state index in [0.717, 1.165) is 0 Å². The van der Waals surface area contributed by atoms with Crippen molar-refractivity contribution in [2.24, 2.45) is 0 Å². The smallest absolute Gasteiger partial charge is 0.186 e. The molecule has 0 bridgehead atoms. The van der Waals surface area contributed by atoms with Crippen LogP contribution in [0.25, 0.3) is 0 Å². The van der Waals surface area contributed by atoms with Crippen molar-refractivity contribution >= 4 is 0 Å². The van der Waals surface area contributed by atoms with Crippen LogP contribution >= 0.6 is 0 Å². The van der Waals surface area contributed by atoms with Crippen LogP contribution in [-0.2, 0) is 14.2 Å². The molecule has 22 heavy (non-hydrogen) atoms. The van der Waals surface area contributed by atoms with Crippen LogP contribution in [0.5, 0.6) is 0 Å². The fourth-order valence-corrected chi connectivity index (χ4v) is 2.54. The standard InChI is InChI=1S/C12H22O10/c13-2-4-1-5(15)7(16)12(20-4)22-10-6(3-14)21-11(19)9(18)8(10)17/h4-19H,1-3H2/t4?,5-,6?,7-,8+,9-,10?,11?,12?/m0/s1. The van der Waals surface area contributed by atoms with Gasteiger partial charge in [0.2, 0.25) is 0 Å². The van der Waals surface area contributed by atoms with Crippen molar-refractivity contribution in [1.29, 1.82) is 0 Å². The molecule has 5 unspecified atom stereocenters. The third kappa shape index (κ3) is 3.57. The van der Waals surface area contributed by atoms with Crippen molar-refractivity contribution in [2.45, 2.75) is 61.7 Å². The normalized spacial score (nSPS) is 50.0. The van der Waals surface area contributed by atoms with Crippen LogP contribution in [0.15, 0.2) is 0 Å². The minimum Gasteiger partial charge on any atom is -0.394 e. The first kappa shape index (κ1) is 17.9. The second-order valence-corrected chi connectivity index (χ2v) is 5.43. The van der Waals surface area contributed by atoms with E-state index in [4.69, 9.17) is 19.3 Å². The van der Waals surface area contributed by atoms with Gasteiger partial charge in [-0.05, 0) is 0 Å². The molecule has 0 amide bonds. The molecule has 0 aromatic rings. The van der Waals surface area contributed by atoms with Crippen LogP contribution < -0.4 is 0 Å². The second kappa shape index (κ2) is 7.45. The van der Waals surface area contributed by atoms with Gasteiger partial charge in [0.15, 0.2) is 12.6 Å². The summed E-state index contributed by atoms with van der Waals surface area (Å²) in [5, 5.41) is 66.8. The Bertz CT molecular complexity index is 353. The molecule has 0 aromatic carbocycles. The summed E-state index contributed by atoms with van der Waals surface area (Å²) in [7, 11) is 0. The highest BCUT2D eigenvalue weighted by Gasteiger charge is 2.48. The lowest BCUT2D eigenvalue weighted by molar-refractivity contribution is -0.344. The zero-order valence-corrected chi connectivity index (χ0v) is 11.7. The van der Waals surface area contributed by atoms with Crippen LogP contribution in [0.2, 0.25) is 0 Å². The summed E-state index contributed by atoms with van der Waals surface area (Å²) >= 11 is 0. The van der Waals surface area contributed by atoms with Crippen LogP contribution in [0.3, 0.4) is 0 Å². The van der Waals surface area contributed by atoms with E-state index in [-0.39, 0.29) is 6.42 Å². The maximum atomic E-state index is 9.94. The van der Waals surface area contributed by atoms with Gasteiger partial charge in [0.25, 0.3) is 0 Å². The zero-order chi connectivity index (χ0) is 16.4. The predicted octanol–water partition coefficient (Wildman–Crippen LogP) is -4.37. The monoisotopic (exact) mass is 326 g/mol. The fraction of sp³-hybridized carbons (Fsp3) is 1.00. The molecular formula is C12H22O10. The van der Waals surface area contributed by atoms with Crippen LogP contribution in [0.1, 0.15) is 6.42 Å². The second-order valence-electron chi connectivity index (χ2n) is 5.43. The average molecular weight is 326 g/mol. The fourth-order valence-electron chi connectivity index (χ4n) is 2.54. The Labute approximate surface area is 126 Å².